The smallest absolute Gasteiger partial charge is 0.265 e. The van der Waals surface area contributed by atoms with Gasteiger partial charge in [-0.2, -0.15) is 0 Å². The first-order chi connectivity index (χ1) is 9.97. The SMILES string of the molecule is CCC(C)CCn1c(=O)c(C(=N)N)c(O)c2ccccc21. The number of nitrogens with two attached hydrogens (primary N) is 1. The third-order valence-electron chi connectivity index (χ3n) is 3.96. The highest BCUT2D eigenvalue weighted by Gasteiger charge is 2.18. The summed E-state index contributed by atoms with van der Waals surface area (Å²) < 4.78 is 1.61. The third kappa shape index (κ3) is 2.77. The Balaban J connectivity index is 2.67. The zero-order chi connectivity index (χ0) is 15.6. The number of pyridine rings is 1. The van der Waals surface area contributed by atoms with Gasteiger partial charge in [0.1, 0.15) is 17.1 Å². The fourth-order valence-corrected chi connectivity index (χ4v) is 2.41. The van der Waals surface area contributed by atoms with Gasteiger partial charge in [-0.25, -0.2) is 0 Å². The van der Waals surface area contributed by atoms with Gasteiger partial charge < -0.3 is 15.4 Å². The molecule has 0 saturated heterocycles. The Morgan fingerprint density at radius 2 is 2.10 bits per heavy atom. The molecule has 0 spiro atoms. The van der Waals surface area contributed by atoms with Crippen LogP contribution in [0.25, 0.3) is 10.9 Å². The number of benzene rings is 1. The number of amidine groups is 1. The fourth-order valence-electron chi connectivity index (χ4n) is 2.41. The molecule has 4 N–H and O–H groups in total. The normalized spacial score (nSPS) is 12.5. The van der Waals surface area contributed by atoms with Crippen molar-refractivity contribution in [3.8, 4) is 5.75 Å². The van der Waals surface area contributed by atoms with Gasteiger partial charge in [0, 0.05) is 11.9 Å². The number of nitrogen functional groups attached to an aromatic ring is 1. The van der Waals surface area contributed by atoms with E-state index in [1.807, 2.05) is 6.07 Å². The van der Waals surface area contributed by atoms with Crippen LogP contribution in [0.1, 0.15) is 32.3 Å². The molecule has 1 aromatic carbocycles. The maximum absolute atomic E-state index is 12.5. The van der Waals surface area contributed by atoms with Crippen LogP contribution in [0.3, 0.4) is 0 Å². The molecule has 5 nitrogen and oxygen atoms in total. The highest BCUT2D eigenvalue weighted by Crippen LogP contribution is 2.26. The van der Waals surface area contributed by atoms with Crippen LogP contribution in [0, 0.1) is 11.3 Å². The lowest BCUT2D eigenvalue weighted by Gasteiger charge is -2.16. The van der Waals surface area contributed by atoms with E-state index in [2.05, 4.69) is 13.8 Å². The first-order valence-corrected chi connectivity index (χ1v) is 7.16. The summed E-state index contributed by atoms with van der Waals surface area (Å²) in [4.78, 5) is 12.5. The first kappa shape index (κ1) is 15.1. The molecule has 0 saturated carbocycles. The highest BCUT2D eigenvalue weighted by molar-refractivity contribution is 6.02. The van der Waals surface area contributed by atoms with Crippen molar-refractivity contribution in [2.75, 3.05) is 0 Å². The molecular formula is C16H21N3O2. The summed E-state index contributed by atoms with van der Waals surface area (Å²) >= 11 is 0. The molecule has 0 bridgehead atoms. The Morgan fingerprint density at radius 1 is 1.43 bits per heavy atom. The van der Waals surface area contributed by atoms with Crippen molar-refractivity contribution >= 4 is 16.7 Å². The second kappa shape index (κ2) is 5.99. The summed E-state index contributed by atoms with van der Waals surface area (Å²) in [5, 5.41) is 18.3. The number of hydrogen-bond donors (Lipinski definition) is 3. The Labute approximate surface area is 123 Å². The largest absolute Gasteiger partial charge is 0.506 e. The number of aromatic nitrogens is 1. The monoisotopic (exact) mass is 287 g/mol. The molecule has 0 amide bonds. The number of fused-ring (bicyclic) bond motifs is 1. The van der Waals surface area contributed by atoms with Gasteiger partial charge in [-0.3, -0.25) is 10.2 Å². The van der Waals surface area contributed by atoms with Crippen molar-refractivity contribution in [1.29, 1.82) is 5.41 Å². The summed E-state index contributed by atoms with van der Waals surface area (Å²) in [6.45, 7) is 4.80. The van der Waals surface area contributed by atoms with Crippen molar-refractivity contribution in [3.05, 3.63) is 40.2 Å². The second-order valence-electron chi connectivity index (χ2n) is 5.41. The quantitative estimate of drug-likeness (QED) is 0.582. The molecule has 0 fully saturated rings. The molecule has 21 heavy (non-hydrogen) atoms. The summed E-state index contributed by atoms with van der Waals surface area (Å²) in [5.41, 5.74) is 5.63. The molecule has 2 rings (SSSR count). The van der Waals surface area contributed by atoms with E-state index in [9.17, 15) is 9.90 Å². The van der Waals surface area contributed by atoms with Crippen molar-refractivity contribution in [3.63, 3.8) is 0 Å². The molecule has 0 aliphatic heterocycles. The lowest BCUT2D eigenvalue weighted by molar-refractivity contribution is 0.460. The maximum Gasteiger partial charge on any atom is 0.265 e. The predicted molar refractivity (Wildman–Crippen MR) is 85.0 cm³/mol. The first-order valence-electron chi connectivity index (χ1n) is 7.16. The maximum atomic E-state index is 12.5. The number of rotatable bonds is 5. The van der Waals surface area contributed by atoms with E-state index >= 15 is 0 Å². The average Bonchev–Trinajstić information content (AvgIpc) is 2.46. The lowest BCUT2D eigenvalue weighted by Crippen LogP contribution is -2.30. The Morgan fingerprint density at radius 3 is 2.71 bits per heavy atom. The van der Waals surface area contributed by atoms with Crippen LogP contribution in [-0.4, -0.2) is 15.5 Å². The number of nitrogens with zero attached hydrogens (tertiary/aromatic N) is 1. The molecule has 1 aromatic heterocycles. The third-order valence-corrected chi connectivity index (χ3v) is 3.96. The highest BCUT2D eigenvalue weighted by atomic mass is 16.3. The van der Waals surface area contributed by atoms with Crippen molar-refractivity contribution < 1.29 is 5.11 Å². The van der Waals surface area contributed by atoms with Crippen LogP contribution in [0.4, 0.5) is 0 Å². The van der Waals surface area contributed by atoms with E-state index in [4.69, 9.17) is 11.1 Å². The minimum atomic E-state index is -0.402. The Hall–Kier alpha value is -2.30. The molecular weight excluding hydrogens is 266 g/mol. The lowest BCUT2D eigenvalue weighted by atomic mass is 10.0. The van der Waals surface area contributed by atoms with Gasteiger partial charge >= 0.3 is 0 Å². The van der Waals surface area contributed by atoms with E-state index in [1.54, 1.807) is 22.8 Å². The number of nitrogens with one attached hydrogen (secondary N) is 1. The van der Waals surface area contributed by atoms with Crippen LogP contribution in [0.2, 0.25) is 0 Å². The molecule has 2 aromatic rings. The fraction of sp³-hybridized carbons (Fsp3) is 0.375. The van der Waals surface area contributed by atoms with Gasteiger partial charge in [0.05, 0.1) is 5.52 Å². The number of para-hydroxylation sites is 1. The van der Waals surface area contributed by atoms with Crippen molar-refractivity contribution in [2.45, 2.75) is 33.2 Å². The van der Waals surface area contributed by atoms with E-state index < -0.39 is 11.4 Å². The minimum Gasteiger partial charge on any atom is -0.506 e. The zero-order valence-electron chi connectivity index (χ0n) is 12.4. The van der Waals surface area contributed by atoms with Crippen LogP contribution >= 0.6 is 0 Å². The topological polar surface area (TPSA) is 92.1 Å². The standard InChI is InChI=1S/C16H21N3O2/c1-3-10(2)8-9-19-12-7-5-4-6-11(12)14(20)13(15(17)18)16(19)21/h4-7,10,20H,3,8-9H2,1-2H3,(H3,17,18). The van der Waals surface area contributed by atoms with Gasteiger partial charge in [0.2, 0.25) is 0 Å². The molecule has 1 atom stereocenters. The van der Waals surface area contributed by atoms with Crippen LogP contribution in [0.5, 0.6) is 5.75 Å². The average molecular weight is 287 g/mol. The zero-order valence-corrected chi connectivity index (χ0v) is 12.4. The Kier molecular flexibility index (Phi) is 4.31. The molecule has 0 aliphatic rings. The van der Waals surface area contributed by atoms with Crippen LogP contribution in [0.15, 0.2) is 29.1 Å². The molecule has 0 radical (unpaired) electrons. The summed E-state index contributed by atoms with van der Waals surface area (Å²) in [5.74, 6) is -0.103. The summed E-state index contributed by atoms with van der Waals surface area (Å²) in [7, 11) is 0. The summed E-state index contributed by atoms with van der Waals surface area (Å²) in [6, 6.07) is 7.15. The molecule has 5 heteroatoms. The van der Waals surface area contributed by atoms with Gasteiger partial charge in [-0.05, 0) is 24.5 Å². The molecule has 1 unspecified atom stereocenters. The molecule has 112 valence electrons. The predicted octanol–water partition coefficient (Wildman–Crippen LogP) is 2.43. The summed E-state index contributed by atoms with van der Waals surface area (Å²) in [6.07, 6.45) is 1.91. The Bertz CT molecular complexity index is 734. The minimum absolute atomic E-state index is 0.113. The van der Waals surface area contributed by atoms with E-state index in [1.165, 1.54) is 0 Å². The van der Waals surface area contributed by atoms with E-state index in [0.29, 0.717) is 23.4 Å². The van der Waals surface area contributed by atoms with E-state index in [0.717, 1.165) is 12.8 Å². The molecule has 1 heterocycles. The molecule has 0 aliphatic carbocycles. The van der Waals surface area contributed by atoms with Crippen molar-refractivity contribution in [1.82, 2.24) is 4.57 Å². The van der Waals surface area contributed by atoms with Gasteiger partial charge in [-0.15, -0.1) is 0 Å². The number of aromatic hydroxyl groups is 1. The van der Waals surface area contributed by atoms with Crippen LogP contribution in [-0.2, 0) is 6.54 Å². The van der Waals surface area contributed by atoms with Gasteiger partial charge in [0.15, 0.2) is 0 Å². The van der Waals surface area contributed by atoms with Gasteiger partial charge in [0.25, 0.3) is 5.56 Å². The number of aryl methyl sites for hydroxylation is 1. The van der Waals surface area contributed by atoms with Gasteiger partial charge in [-0.1, -0.05) is 32.4 Å². The van der Waals surface area contributed by atoms with E-state index in [-0.39, 0.29) is 11.3 Å². The number of hydrogen-bond acceptors (Lipinski definition) is 3. The van der Waals surface area contributed by atoms with Crippen LogP contribution < -0.4 is 11.3 Å². The second-order valence-corrected chi connectivity index (χ2v) is 5.41. The van der Waals surface area contributed by atoms with Crippen molar-refractivity contribution in [2.24, 2.45) is 11.7 Å².